The van der Waals surface area contributed by atoms with Crippen LogP contribution < -0.4 is 43.3 Å². The zero-order valence-electron chi connectivity index (χ0n) is 84.1. The van der Waals surface area contributed by atoms with Gasteiger partial charge in [-0.3, -0.25) is 52.1 Å². The summed E-state index contributed by atoms with van der Waals surface area (Å²) in [6, 6.07) is 37.7. The van der Waals surface area contributed by atoms with Crippen LogP contribution in [0.2, 0.25) is 10.0 Å². The predicted molar refractivity (Wildman–Crippen MR) is 570 cm³/mol. The Kier molecular flexibility index (Phi) is 26.7. The van der Waals surface area contributed by atoms with E-state index in [9.17, 15) is 24.0 Å². The summed E-state index contributed by atoms with van der Waals surface area (Å²) in [4.78, 5) is 120. The van der Waals surface area contributed by atoms with Gasteiger partial charge in [0.25, 0.3) is 27.8 Å². The lowest BCUT2D eigenvalue weighted by molar-refractivity contribution is 0.220. The minimum atomic E-state index is -0.192. The molecule has 0 spiro atoms. The van der Waals surface area contributed by atoms with Crippen molar-refractivity contribution >= 4 is 85.0 Å². The first-order chi connectivity index (χ1) is 71.1. The highest BCUT2D eigenvalue weighted by Gasteiger charge is 2.34. The third kappa shape index (κ3) is 20.2. The molecule has 0 radical (unpaired) electrons. The van der Waals surface area contributed by atoms with Crippen molar-refractivity contribution in [3.8, 4) is 56.7 Å². The number of nitrogens with zero attached hydrogens (tertiary/aromatic N) is 29. The van der Waals surface area contributed by atoms with Gasteiger partial charge in [0.15, 0.2) is 22.6 Å². The number of aryl methyl sites for hydroxylation is 8. The zero-order chi connectivity index (χ0) is 101. The first-order valence-corrected chi connectivity index (χ1v) is 51.4. The molecule has 2 N–H and O–H groups in total. The average Bonchev–Trinajstić information content (AvgIpc) is 1.73. The molecule has 6 aliphatic rings. The number of piperidine rings is 5. The van der Waals surface area contributed by atoms with Crippen molar-refractivity contribution in [1.29, 1.82) is 0 Å². The summed E-state index contributed by atoms with van der Waals surface area (Å²) in [5.41, 5.74) is 25.5. The molecule has 6 aliphatic heterocycles. The second kappa shape index (κ2) is 40.5. The van der Waals surface area contributed by atoms with Crippen LogP contribution >= 0.6 is 23.2 Å². The molecule has 0 saturated carbocycles. The Balaban J connectivity index is 0.000000104. The number of anilines is 1. The number of halogens is 2. The number of rotatable bonds is 11. The molecule has 26 heterocycles. The summed E-state index contributed by atoms with van der Waals surface area (Å²) in [7, 11) is 4.29. The Morgan fingerprint density at radius 1 is 0.340 bits per heavy atom. The zero-order valence-corrected chi connectivity index (χ0v) is 85.6. The molecule has 36 nitrogen and oxygen atoms in total. The van der Waals surface area contributed by atoms with Crippen LogP contribution in [0.5, 0.6) is 0 Å². The molecule has 38 heteroatoms. The molecule has 0 amide bonds. The molecule has 0 aliphatic carbocycles. The normalized spacial score (nSPS) is 17.0. The van der Waals surface area contributed by atoms with E-state index < -0.39 is 0 Å². The maximum absolute atomic E-state index is 13.0. The molecular weight excluding hydrogens is 1890 g/mol. The van der Waals surface area contributed by atoms with E-state index in [4.69, 9.17) is 38.2 Å². The third-order valence-corrected chi connectivity index (χ3v) is 30.2. The van der Waals surface area contributed by atoms with Gasteiger partial charge < -0.3 is 39.0 Å². The van der Waals surface area contributed by atoms with Crippen LogP contribution in [0.25, 0.3) is 113 Å². The fraction of sp³-hybridized carbons (Fsp3) is 0.358. The number of aromatic nitrogens is 25. The van der Waals surface area contributed by atoms with E-state index >= 15 is 0 Å². The van der Waals surface area contributed by atoms with Gasteiger partial charge in [0.2, 0.25) is 0 Å². The van der Waals surface area contributed by atoms with E-state index in [-0.39, 0.29) is 27.8 Å². The molecule has 0 bridgehead atoms. The van der Waals surface area contributed by atoms with E-state index in [1.54, 1.807) is 44.9 Å². The molecule has 2 unspecified atom stereocenters. The number of pyridine rings is 5. The maximum atomic E-state index is 13.0. The molecule has 2 atom stereocenters. The standard InChI is InChI=1S/C23H25N7O.C22H22ClN5O.C22H25N7O.C21H20ClN5O.C21H23N7O/c1-14-11-30-21(15(2)25-14)9-20(27-30)19-10-23(31)29-13-17(3-4-22(29)26-19)28-8-6-18-16(12-28)5-7-24-18;1-14-11-27-12-17(9-18(23)22(27)24-14)19-10-21(29)28-13-16(3-4-20(28)25-19)15-5-7-26(2)8-6-15;1-4-27-9-7-16(8-10-27)17-5-6-21-24-18(12-22(30)29(21)26-17)19-11-20-15(3)23-14(2)13-28(20)25-19;1-13-10-26-11-16(8-17(22)21(26)24-13)18-9-20(28)27-12-15(2-3-19(27)25-18)14-4-6-23-7-5-14;1-13-12-27-19(14(2)22-13)10-18(24-27)17-11-21(29)28-20(23-17)5-4-16(25-28)15-6-8-26(3)9-7-15/h3-4,9-11,13,16,18,24H,5-8,12H2,1-2H3;3-4,9-13,15H,5-8H2,1-2H3;5-6,11-13,16H,4,7-10H2,1-3H3;2-3,8-12,14,23H,4-7H2,1H3;4-5,10-12,15H,6-9H2,1-3H3. The number of likely N-dealkylation sites (tertiary alicyclic amines) is 3. The Bertz CT molecular complexity index is 8850. The lowest BCUT2D eigenvalue weighted by atomic mass is 9.91. The van der Waals surface area contributed by atoms with Gasteiger partial charge in [0.05, 0.1) is 136 Å². The van der Waals surface area contributed by atoms with Crippen LogP contribution in [0, 0.1) is 61.3 Å². The monoisotopic (exact) mass is 2010 g/mol. The fourth-order valence-electron chi connectivity index (χ4n) is 21.7. The molecule has 20 aromatic heterocycles. The van der Waals surface area contributed by atoms with Crippen molar-refractivity contribution in [1.82, 2.24) is 145 Å². The Hall–Kier alpha value is -14.9. The highest BCUT2D eigenvalue weighted by atomic mass is 35.5. The van der Waals surface area contributed by atoms with Gasteiger partial charge in [0.1, 0.15) is 34.0 Å². The number of hydrogen-bond acceptors (Lipinski definition) is 26. The van der Waals surface area contributed by atoms with Gasteiger partial charge in [-0.25, -0.2) is 48.4 Å². The summed E-state index contributed by atoms with van der Waals surface area (Å²) in [5, 5.41) is 31.1. The van der Waals surface area contributed by atoms with Crippen LogP contribution in [-0.4, -0.2) is 233 Å². The van der Waals surface area contributed by atoms with Crippen molar-refractivity contribution in [2.24, 2.45) is 5.92 Å². The SMILES string of the molecule is CCN1CCC(c2ccc3nc(-c4cc5c(C)nc(C)cn5n4)cc(=O)n3n2)CC1.Cc1cn2cc(-c3cc(=O)n4cc(C5CCN(C)CC5)ccc4n3)cc(Cl)c2n1.Cc1cn2cc(-c3cc(=O)n4cc(C5CCNCC5)ccc4n3)cc(Cl)c2n1.Cc1cn2nc(-c3cc(=O)n4cc(N5CCC6NCCC6C5)ccc4n3)cc2c(C)n1.Cc1cn2nc(-c3cc(=O)n4nc(C5CCN(C)CC5)ccc4n3)cc2c(C)n1. The Morgan fingerprint density at radius 3 is 1.18 bits per heavy atom. The topological polar surface area (TPSA) is 360 Å². The lowest BCUT2D eigenvalue weighted by Crippen LogP contribution is -2.44. The van der Waals surface area contributed by atoms with Crippen LogP contribution in [0.3, 0.4) is 0 Å². The highest BCUT2D eigenvalue weighted by Crippen LogP contribution is 2.36. The average molecular weight is 2010 g/mol. The van der Waals surface area contributed by atoms with Crippen molar-refractivity contribution in [2.75, 3.05) is 97.5 Å². The predicted octanol–water partition coefficient (Wildman–Crippen LogP) is 14.3. The van der Waals surface area contributed by atoms with E-state index in [1.165, 1.54) is 38.7 Å². The number of hydrogen-bond donors (Lipinski definition) is 2. The van der Waals surface area contributed by atoms with Crippen LogP contribution in [0.15, 0.2) is 207 Å². The minimum Gasteiger partial charge on any atom is -0.370 e. The Labute approximate surface area is 854 Å². The smallest absolute Gasteiger partial charge is 0.275 e. The number of fused-ring (bicyclic) bond motifs is 11. The largest absolute Gasteiger partial charge is 0.370 e. The summed E-state index contributed by atoms with van der Waals surface area (Å²) in [6.45, 7) is 30.4. The summed E-state index contributed by atoms with van der Waals surface area (Å²) < 4.78 is 16.9. The van der Waals surface area contributed by atoms with Gasteiger partial charge in [0, 0.05) is 116 Å². The van der Waals surface area contributed by atoms with Crippen molar-refractivity contribution in [3.05, 3.63) is 313 Å². The first-order valence-electron chi connectivity index (χ1n) is 50.6. The van der Waals surface area contributed by atoms with Crippen molar-refractivity contribution in [3.63, 3.8) is 0 Å². The molecule has 6 saturated heterocycles. The van der Waals surface area contributed by atoms with Crippen LogP contribution in [0.4, 0.5) is 5.69 Å². The summed E-state index contributed by atoms with van der Waals surface area (Å²) in [5.74, 6) is 2.45. The van der Waals surface area contributed by atoms with Gasteiger partial charge in [-0.15, -0.1) is 0 Å². The highest BCUT2D eigenvalue weighted by molar-refractivity contribution is 6.34. The second-order valence-electron chi connectivity index (χ2n) is 40.0. The van der Waals surface area contributed by atoms with Crippen LogP contribution in [0.1, 0.15) is 163 Å². The second-order valence-corrected chi connectivity index (χ2v) is 40.9. The molecule has 0 aromatic carbocycles. The first kappa shape index (κ1) is 96.8. The van der Waals surface area contributed by atoms with Gasteiger partial charge in [-0.2, -0.15) is 34.5 Å². The third-order valence-electron chi connectivity index (χ3n) is 29.6. The molecule has 147 heavy (non-hydrogen) atoms. The lowest BCUT2D eigenvalue weighted by Gasteiger charge is -2.36. The number of imidazole rings is 2. The number of nitrogens with one attached hydrogen (secondary N) is 2. The van der Waals surface area contributed by atoms with Crippen LogP contribution in [-0.2, 0) is 0 Å². The maximum Gasteiger partial charge on any atom is 0.275 e. The molecule has 6 fully saturated rings. The summed E-state index contributed by atoms with van der Waals surface area (Å²) >= 11 is 12.8. The molecule has 750 valence electrons. The molecule has 26 rings (SSSR count). The van der Waals surface area contributed by atoms with E-state index in [0.717, 1.165) is 227 Å². The fourth-order valence-corrected chi connectivity index (χ4v) is 22.2. The Morgan fingerprint density at radius 2 is 0.728 bits per heavy atom. The summed E-state index contributed by atoms with van der Waals surface area (Å²) in [6.07, 6.45) is 30.1. The van der Waals surface area contributed by atoms with E-state index in [1.807, 2.05) is 199 Å². The minimum absolute atomic E-state index is 0.0854. The van der Waals surface area contributed by atoms with E-state index in [2.05, 4.69) is 130 Å². The molecular formula is C109H115Cl2N31O5. The quantitative estimate of drug-likeness (QED) is 0.121. The van der Waals surface area contributed by atoms with E-state index in [0.29, 0.717) is 131 Å². The molecule has 20 aromatic rings. The van der Waals surface area contributed by atoms with Gasteiger partial charge in [-0.1, -0.05) is 42.3 Å². The van der Waals surface area contributed by atoms with Crippen molar-refractivity contribution in [2.45, 2.75) is 156 Å². The van der Waals surface area contributed by atoms with Crippen molar-refractivity contribution < 1.29 is 0 Å². The van der Waals surface area contributed by atoms with Gasteiger partial charge in [-0.05, 0) is 307 Å². The van der Waals surface area contributed by atoms with Gasteiger partial charge >= 0.3 is 0 Å².